The molecule has 1 saturated carbocycles. The van der Waals surface area contributed by atoms with Crippen LogP contribution in [0.1, 0.15) is 44.6 Å². The molecule has 0 radical (unpaired) electrons. The number of aromatic amines is 1. The van der Waals surface area contributed by atoms with Crippen LogP contribution >= 0.6 is 0 Å². The number of alkyl halides is 1. The highest BCUT2D eigenvalue weighted by Gasteiger charge is 2.53. The average Bonchev–Trinajstić information content (AvgIpc) is 3.11. The molecule has 3 heterocycles. The number of aromatic nitrogens is 3. The van der Waals surface area contributed by atoms with Crippen LogP contribution in [0.15, 0.2) is 24.7 Å². The first-order valence-corrected chi connectivity index (χ1v) is 10.7. The lowest BCUT2D eigenvalue weighted by Crippen LogP contribution is -2.49. The van der Waals surface area contributed by atoms with Crippen molar-refractivity contribution in [3.8, 4) is 0 Å². The van der Waals surface area contributed by atoms with E-state index in [2.05, 4.69) is 27.2 Å². The zero-order chi connectivity index (χ0) is 21.5. The molecule has 162 valence electrons. The van der Waals surface area contributed by atoms with Gasteiger partial charge in [-0.25, -0.2) is 14.4 Å². The van der Waals surface area contributed by atoms with Crippen LogP contribution in [-0.2, 0) is 4.79 Å². The van der Waals surface area contributed by atoms with Crippen molar-refractivity contribution in [1.82, 2.24) is 24.8 Å². The van der Waals surface area contributed by atoms with Gasteiger partial charge in [0.2, 0.25) is 5.91 Å². The largest absolute Gasteiger partial charge is 0.365 e. The molecule has 0 aromatic carbocycles. The summed E-state index contributed by atoms with van der Waals surface area (Å²) in [7, 11) is 3.95. The summed E-state index contributed by atoms with van der Waals surface area (Å²) in [6, 6.07) is 0.288. The van der Waals surface area contributed by atoms with Crippen molar-refractivity contribution in [2.45, 2.75) is 56.8 Å². The van der Waals surface area contributed by atoms with Crippen LogP contribution in [0.25, 0.3) is 11.0 Å². The van der Waals surface area contributed by atoms with Gasteiger partial charge in [0, 0.05) is 43.4 Å². The molecule has 8 heteroatoms. The predicted octanol–water partition coefficient (Wildman–Crippen LogP) is 3.08. The Morgan fingerprint density at radius 1 is 1.43 bits per heavy atom. The Hall–Kier alpha value is -2.48. The second-order valence-corrected chi connectivity index (χ2v) is 9.15. The SMILES string of the molecule is C[C@H]1CC[C@@H](Nc2ncnc3[nH]cc(C4CC4(C)F)c23)CN1C(=O)/C=C/CN(C)C. The van der Waals surface area contributed by atoms with Crippen molar-refractivity contribution in [2.75, 3.05) is 32.5 Å². The minimum Gasteiger partial charge on any atom is -0.365 e. The molecule has 2 aromatic rings. The monoisotopic (exact) mass is 414 g/mol. The van der Waals surface area contributed by atoms with Gasteiger partial charge in [0.1, 0.15) is 23.5 Å². The summed E-state index contributed by atoms with van der Waals surface area (Å²) in [5.41, 5.74) is 0.487. The summed E-state index contributed by atoms with van der Waals surface area (Å²) in [6.45, 7) is 5.08. The highest BCUT2D eigenvalue weighted by atomic mass is 19.1. The molecular weight excluding hydrogens is 383 g/mol. The predicted molar refractivity (Wildman–Crippen MR) is 116 cm³/mol. The summed E-state index contributed by atoms with van der Waals surface area (Å²) in [4.78, 5) is 28.6. The fourth-order valence-electron chi connectivity index (χ4n) is 4.33. The smallest absolute Gasteiger partial charge is 0.246 e. The minimum absolute atomic E-state index is 0.0391. The summed E-state index contributed by atoms with van der Waals surface area (Å²) in [5, 5.41) is 4.39. The Morgan fingerprint density at radius 2 is 2.20 bits per heavy atom. The number of carbonyl (C=O) groups is 1. The van der Waals surface area contributed by atoms with Crippen molar-refractivity contribution in [1.29, 1.82) is 0 Å². The van der Waals surface area contributed by atoms with Gasteiger partial charge < -0.3 is 20.1 Å². The fourth-order valence-corrected chi connectivity index (χ4v) is 4.33. The number of fused-ring (bicyclic) bond motifs is 1. The molecule has 1 aliphatic heterocycles. The summed E-state index contributed by atoms with van der Waals surface area (Å²) >= 11 is 0. The van der Waals surface area contributed by atoms with E-state index in [4.69, 9.17) is 0 Å². The van der Waals surface area contributed by atoms with Crippen molar-refractivity contribution >= 4 is 22.8 Å². The molecule has 1 saturated heterocycles. The van der Waals surface area contributed by atoms with Crippen LogP contribution in [0, 0.1) is 0 Å². The molecular formula is C22H31FN6O. The molecule has 2 unspecified atom stereocenters. The summed E-state index contributed by atoms with van der Waals surface area (Å²) < 4.78 is 14.4. The normalized spacial score (nSPS) is 29.1. The Morgan fingerprint density at radius 3 is 2.90 bits per heavy atom. The summed E-state index contributed by atoms with van der Waals surface area (Å²) in [5.74, 6) is 0.635. The van der Waals surface area contributed by atoms with Gasteiger partial charge in [0.25, 0.3) is 0 Å². The molecule has 2 fully saturated rings. The molecule has 4 rings (SSSR count). The van der Waals surface area contributed by atoms with E-state index in [1.54, 1.807) is 13.0 Å². The topological polar surface area (TPSA) is 77.1 Å². The second kappa shape index (κ2) is 7.98. The standard InChI is InChI=1S/C22H31FN6O/c1-14-7-8-15(12-29(14)18(30)6-5-9-28(3)4)27-21-19-16(17-10-22(17,2)23)11-24-20(19)25-13-26-21/h5-6,11,13-15,17H,7-10,12H2,1-4H3,(H2,24,25,26,27)/b6-5+/t14-,15+,17?,22?/m0/s1. The first-order valence-electron chi connectivity index (χ1n) is 10.7. The first kappa shape index (κ1) is 20.8. The maximum atomic E-state index is 14.4. The van der Waals surface area contributed by atoms with E-state index in [0.717, 1.165) is 30.3 Å². The van der Waals surface area contributed by atoms with Gasteiger partial charge in [-0.05, 0) is 52.8 Å². The van der Waals surface area contributed by atoms with Crippen molar-refractivity contribution < 1.29 is 9.18 Å². The van der Waals surface area contributed by atoms with E-state index >= 15 is 0 Å². The van der Waals surface area contributed by atoms with Gasteiger partial charge in [-0.2, -0.15) is 0 Å². The number of nitrogens with one attached hydrogen (secondary N) is 2. The third-order valence-electron chi connectivity index (χ3n) is 6.28. The third kappa shape index (κ3) is 4.19. The van der Waals surface area contributed by atoms with Gasteiger partial charge >= 0.3 is 0 Å². The molecule has 1 amide bonds. The first-order chi connectivity index (χ1) is 14.3. The van der Waals surface area contributed by atoms with E-state index in [1.807, 2.05) is 36.2 Å². The van der Waals surface area contributed by atoms with Crippen molar-refractivity contribution in [3.63, 3.8) is 0 Å². The van der Waals surface area contributed by atoms with E-state index < -0.39 is 5.67 Å². The van der Waals surface area contributed by atoms with Gasteiger partial charge in [-0.15, -0.1) is 0 Å². The highest BCUT2D eigenvalue weighted by molar-refractivity contribution is 5.91. The zero-order valence-corrected chi connectivity index (χ0v) is 18.2. The van der Waals surface area contributed by atoms with Crippen LogP contribution in [0.3, 0.4) is 0 Å². The number of halogens is 1. The second-order valence-electron chi connectivity index (χ2n) is 9.15. The lowest BCUT2D eigenvalue weighted by atomic mass is 9.98. The van der Waals surface area contributed by atoms with Crippen molar-refractivity contribution in [3.05, 3.63) is 30.2 Å². The fraction of sp³-hybridized carbons (Fsp3) is 0.591. The van der Waals surface area contributed by atoms with Gasteiger partial charge in [-0.3, -0.25) is 4.79 Å². The van der Waals surface area contributed by atoms with E-state index in [-0.39, 0.29) is 23.9 Å². The Bertz CT molecular complexity index is 952. The lowest BCUT2D eigenvalue weighted by molar-refractivity contribution is -0.129. The molecule has 0 spiro atoms. The van der Waals surface area contributed by atoms with E-state index in [9.17, 15) is 9.18 Å². The maximum absolute atomic E-state index is 14.4. The molecule has 2 aromatic heterocycles. The van der Waals surface area contributed by atoms with Gasteiger partial charge in [0.05, 0.1) is 5.39 Å². The number of anilines is 1. The number of nitrogens with zero attached hydrogens (tertiary/aromatic N) is 4. The number of hydrogen-bond donors (Lipinski definition) is 2. The molecule has 2 aliphatic rings. The van der Waals surface area contributed by atoms with Crippen LogP contribution in [0.5, 0.6) is 0 Å². The number of hydrogen-bond acceptors (Lipinski definition) is 5. The number of piperidine rings is 1. The quantitative estimate of drug-likeness (QED) is 0.711. The molecule has 2 N–H and O–H groups in total. The highest BCUT2D eigenvalue weighted by Crippen LogP contribution is 2.56. The molecule has 1 aliphatic carbocycles. The number of likely N-dealkylation sites (tertiary alicyclic amines) is 1. The zero-order valence-electron chi connectivity index (χ0n) is 18.2. The van der Waals surface area contributed by atoms with Gasteiger partial charge in [0.15, 0.2) is 0 Å². The number of amides is 1. The Kier molecular flexibility index (Phi) is 5.53. The molecule has 4 atom stereocenters. The number of carbonyl (C=O) groups excluding carboxylic acids is 1. The lowest BCUT2D eigenvalue weighted by Gasteiger charge is -2.38. The maximum Gasteiger partial charge on any atom is 0.246 e. The van der Waals surface area contributed by atoms with Crippen molar-refractivity contribution in [2.24, 2.45) is 0 Å². The van der Waals surface area contributed by atoms with Crippen LogP contribution in [0.4, 0.5) is 10.2 Å². The van der Waals surface area contributed by atoms with Gasteiger partial charge in [-0.1, -0.05) is 6.08 Å². The Balaban J connectivity index is 1.50. The Labute approximate surface area is 176 Å². The van der Waals surface area contributed by atoms with E-state index in [1.165, 1.54) is 6.33 Å². The number of rotatable bonds is 6. The molecule has 0 bridgehead atoms. The number of likely N-dealkylation sites (N-methyl/N-ethyl adjacent to an activating group) is 1. The van der Waals surface area contributed by atoms with Crippen LogP contribution < -0.4 is 5.32 Å². The minimum atomic E-state index is -1.16. The van der Waals surface area contributed by atoms with Crippen LogP contribution in [-0.4, -0.2) is 75.6 Å². The number of H-pyrrole nitrogens is 1. The van der Waals surface area contributed by atoms with E-state index in [0.29, 0.717) is 24.4 Å². The molecule has 30 heavy (non-hydrogen) atoms. The average molecular weight is 415 g/mol. The summed E-state index contributed by atoms with van der Waals surface area (Å²) in [6.07, 6.45) is 9.33. The molecule has 7 nitrogen and oxygen atoms in total. The third-order valence-corrected chi connectivity index (χ3v) is 6.28. The van der Waals surface area contributed by atoms with Crippen LogP contribution in [0.2, 0.25) is 0 Å².